The molecule has 0 radical (unpaired) electrons. The second-order valence-electron chi connectivity index (χ2n) is 5.79. The molecule has 0 amide bonds. The van der Waals surface area contributed by atoms with E-state index in [1.807, 2.05) is 36.3 Å². The molecule has 0 saturated heterocycles. The summed E-state index contributed by atoms with van der Waals surface area (Å²) in [6, 6.07) is 21.0. The van der Waals surface area contributed by atoms with Gasteiger partial charge in [-0.2, -0.15) is 0 Å². The lowest BCUT2D eigenvalue weighted by Crippen LogP contribution is -2.03. The molecule has 0 saturated carbocycles. The van der Waals surface area contributed by atoms with Gasteiger partial charge in [-0.15, -0.1) is 0 Å². The highest BCUT2D eigenvalue weighted by molar-refractivity contribution is 6.10. The average molecular weight is 358 g/mol. The van der Waals surface area contributed by atoms with Gasteiger partial charge in [-0.3, -0.25) is 0 Å². The molecular weight excluding hydrogens is 344 g/mol. The molecule has 0 aliphatic carbocycles. The Morgan fingerprint density at radius 1 is 0.667 bits per heavy atom. The van der Waals surface area contributed by atoms with Crippen LogP contribution in [0.5, 0.6) is 0 Å². The van der Waals surface area contributed by atoms with E-state index in [2.05, 4.69) is 18.2 Å². The molecule has 4 rings (SSSR count). The Hall–Kier alpha value is -3.95. The van der Waals surface area contributed by atoms with E-state index in [0.717, 1.165) is 10.8 Å². The standard InChI is InChI=1S/C14H8O.C8H6O4/c15-9-12-8-7-11-4-1-3-10-5-2-6-13(12)14(10)11;9-7(10)5-1-2-6(4-3-5)8(11)12/h1-8H;1-4H,(H,9,10)(H,11,12). The minimum Gasteiger partial charge on any atom is -0.478 e. The van der Waals surface area contributed by atoms with Crippen LogP contribution in [0.2, 0.25) is 0 Å². The van der Waals surface area contributed by atoms with Gasteiger partial charge in [0.25, 0.3) is 0 Å². The first-order chi connectivity index (χ1) is 13.0. The van der Waals surface area contributed by atoms with Crippen LogP contribution in [0.4, 0.5) is 0 Å². The Bertz CT molecular complexity index is 1160. The van der Waals surface area contributed by atoms with Gasteiger partial charge in [0.15, 0.2) is 0 Å². The van der Waals surface area contributed by atoms with E-state index in [1.54, 1.807) is 0 Å². The first-order valence-electron chi connectivity index (χ1n) is 8.03. The maximum absolute atomic E-state index is 10.8. The summed E-state index contributed by atoms with van der Waals surface area (Å²) in [6.07, 6.45) is 0. The van der Waals surface area contributed by atoms with Crippen LogP contribution in [-0.4, -0.2) is 28.1 Å². The summed E-state index contributed by atoms with van der Waals surface area (Å²) in [7, 11) is 0. The van der Waals surface area contributed by atoms with Crippen LogP contribution >= 0.6 is 0 Å². The first kappa shape index (κ1) is 17.9. The van der Waals surface area contributed by atoms with Crippen LogP contribution in [-0.2, 0) is 4.79 Å². The minimum absolute atomic E-state index is 0.0833. The van der Waals surface area contributed by atoms with Crippen molar-refractivity contribution in [2.75, 3.05) is 0 Å². The van der Waals surface area contributed by atoms with Crippen LogP contribution < -0.4 is 5.22 Å². The Morgan fingerprint density at radius 3 is 1.63 bits per heavy atom. The molecule has 0 bridgehead atoms. The molecule has 4 aromatic carbocycles. The largest absolute Gasteiger partial charge is 0.478 e. The van der Waals surface area contributed by atoms with E-state index in [9.17, 15) is 14.4 Å². The Morgan fingerprint density at radius 2 is 1.15 bits per heavy atom. The zero-order valence-corrected chi connectivity index (χ0v) is 14.0. The van der Waals surface area contributed by atoms with Gasteiger partial charge >= 0.3 is 11.9 Å². The average Bonchev–Trinajstić information content (AvgIpc) is 2.69. The third kappa shape index (κ3) is 3.68. The topological polar surface area (TPSA) is 91.7 Å². The fourth-order valence-corrected chi connectivity index (χ4v) is 2.84. The molecule has 0 aromatic heterocycles. The summed E-state index contributed by atoms with van der Waals surface area (Å²) < 4.78 is 0. The number of hydrogen-bond acceptors (Lipinski definition) is 3. The molecule has 2 N–H and O–H groups in total. The van der Waals surface area contributed by atoms with Gasteiger partial charge in [0.05, 0.1) is 16.3 Å². The van der Waals surface area contributed by atoms with Gasteiger partial charge in [-0.25, -0.2) is 14.4 Å². The summed E-state index contributed by atoms with van der Waals surface area (Å²) in [5, 5.41) is 22.0. The molecule has 0 fully saturated rings. The van der Waals surface area contributed by atoms with Gasteiger partial charge in [-0.1, -0.05) is 42.5 Å². The van der Waals surface area contributed by atoms with Gasteiger partial charge in [0.2, 0.25) is 0 Å². The molecule has 0 atom stereocenters. The lowest BCUT2D eigenvalue weighted by atomic mass is 10.00. The van der Waals surface area contributed by atoms with E-state index in [1.165, 1.54) is 35.0 Å². The van der Waals surface area contributed by atoms with Crippen LogP contribution in [0.1, 0.15) is 20.7 Å². The maximum Gasteiger partial charge on any atom is 0.335 e. The van der Waals surface area contributed by atoms with Gasteiger partial charge in [-0.05, 0) is 46.5 Å². The van der Waals surface area contributed by atoms with Crippen molar-refractivity contribution in [3.8, 4) is 0 Å². The molecule has 0 spiro atoms. The minimum atomic E-state index is -1.06. The predicted octanol–water partition coefficient (Wildman–Crippen LogP) is 3.30. The number of carbonyl (C=O) groups excluding carboxylic acids is 1. The fraction of sp³-hybridized carbons (Fsp3) is 0. The summed E-state index contributed by atoms with van der Waals surface area (Å²) in [6.45, 7) is 0. The smallest absolute Gasteiger partial charge is 0.335 e. The maximum atomic E-state index is 10.8. The van der Waals surface area contributed by atoms with Crippen molar-refractivity contribution in [3.63, 3.8) is 0 Å². The monoisotopic (exact) mass is 358 g/mol. The molecule has 5 heteroatoms. The quantitative estimate of drug-likeness (QED) is 0.574. The van der Waals surface area contributed by atoms with Crippen molar-refractivity contribution < 1.29 is 24.6 Å². The molecule has 4 aromatic rings. The lowest BCUT2D eigenvalue weighted by molar-refractivity contribution is 0.0681. The molecule has 5 nitrogen and oxygen atoms in total. The van der Waals surface area contributed by atoms with Crippen LogP contribution in [0.3, 0.4) is 0 Å². The molecule has 0 aliphatic rings. The summed E-state index contributed by atoms with van der Waals surface area (Å²) in [5.74, 6) is -0.141. The van der Waals surface area contributed by atoms with Crippen molar-refractivity contribution >= 4 is 39.4 Å². The molecule has 27 heavy (non-hydrogen) atoms. The third-order valence-electron chi connectivity index (χ3n) is 4.15. The number of hydrogen-bond donors (Lipinski definition) is 2. The number of carboxylic acids is 2. The Labute approximate surface area is 153 Å². The normalized spacial score (nSPS) is 10.1. The molecular formula is C22H14O5. The van der Waals surface area contributed by atoms with Gasteiger partial charge < -0.3 is 10.2 Å². The summed E-state index contributed by atoms with van der Waals surface area (Å²) in [5.41, 5.74) is 0.167. The second-order valence-corrected chi connectivity index (χ2v) is 5.79. The van der Waals surface area contributed by atoms with Crippen LogP contribution in [0.25, 0.3) is 21.5 Å². The first-order valence-corrected chi connectivity index (χ1v) is 8.03. The molecule has 0 heterocycles. The summed E-state index contributed by atoms with van der Waals surface area (Å²) in [4.78, 5) is 31.5. The predicted molar refractivity (Wildman–Crippen MR) is 102 cm³/mol. The number of rotatable bonds is 2. The van der Waals surface area contributed by atoms with Crippen molar-refractivity contribution in [1.29, 1.82) is 0 Å². The highest BCUT2D eigenvalue weighted by Crippen LogP contribution is 2.23. The number of carbonyl (C=O) groups is 2. The number of carboxylic acid groups (broad SMARTS) is 2. The molecule has 132 valence electrons. The highest BCUT2D eigenvalue weighted by atomic mass is 16.4. The van der Waals surface area contributed by atoms with Crippen molar-refractivity contribution in [1.82, 2.24) is 0 Å². The van der Waals surface area contributed by atoms with E-state index in [0.29, 0.717) is 5.22 Å². The van der Waals surface area contributed by atoms with E-state index in [-0.39, 0.29) is 11.1 Å². The second kappa shape index (κ2) is 7.52. The highest BCUT2D eigenvalue weighted by Gasteiger charge is 2.05. The summed E-state index contributed by atoms with van der Waals surface area (Å²) >= 11 is 0. The van der Waals surface area contributed by atoms with Gasteiger partial charge in [0.1, 0.15) is 5.94 Å². The molecule has 0 aliphatic heterocycles. The Balaban J connectivity index is 0.000000161. The zero-order chi connectivity index (χ0) is 19.4. The van der Waals surface area contributed by atoms with E-state index >= 15 is 0 Å². The fourth-order valence-electron chi connectivity index (χ4n) is 2.84. The van der Waals surface area contributed by atoms with Crippen LogP contribution in [0.15, 0.2) is 72.8 Å². The molecule has 0 unspecified atom stereocenters. The Kier molecular flexibility index (Phi) is 4.97. The van der Waals surface area contributed by atoms with Crippen molar-refractivity contribution in [3.05, 3.63) is 89.1 Å². The van der Waals surface area contributed by atoms with Gasteiger partial charge in [0, 0.05) is 5.39 Å². The zero-order valence-electron chi connectivity index (χ0n) is 14.0. The third-order valence-corrected chi connectivity index (χ3v) is 4.15. The van der Waals surface area contributed by atoms with Crippen molar-refractivity contribution in [2.45, 2.75) is 0 Å². The number of aromatic carboxylic acids is 2. The lowest BCUT2D eigenvalue weighted by Gasteiger charge is -2.03. The SMILES string of the molecule is O=C(O)c1ccc(C(=O)O)cc1.O=C=c1ccc2cccc3cccc1c32. The number of benzene rings is 4. The van der Waals surface area contributed by atoms with E-state index < -0.39 is 11.9 Å². The van der Waals surface area contributed by atoms with Crippen LogP contribution in [0, 0.1) is 0 Å². The van der Waals surface area contributed by atoms with E-state index in [4.69, 9.17) is 10.2 Å². The van der Waals surface area contributed by atoms with Crippen molar-refractivity contribution in [2.24, 2.45) is 0 Å².